The maximum atomic E-state index is 13.4. The molecule has 1 aromatic carbocycles. The topological polar surface area (TPSA) is 88.5 Å². The number of alkyl halides is 3. The molecule has 148 valence electrons. The minimum Gasteiger partial charge on any atom is -0.338 e. The Hall–Kier alpha value is -3.40. The second kappa shape index (κ2) is 6.89. The summed E-state index contributed by atoms with van der Waals surface area (Å²) in [6, 6.07) is 9.72. The van der Waals surface area contributed by atoms with Crippen molar-refractivity contribution in [3.05, 3.63) is 59.0 Å². The zero-order chi connectivity index (χ0) is 20.8. The molecule has 0 aliphatic heterocycles. The number of aromatic amines is 1. The van der Waals surface area contributed by atoms with Crippen LogP contribution in [0, 0.1) is 0 Å². The molecule has 0 atom stereocenters. The maximum Gasteiger partial charge on any atom is 0.435 e. The van der Waals surface area contributed by atoms with Crippen molar-refractivity contribution in [2.75, 3.05) is 5.32 Å². The number of aromatic nitrogens is 5. The molecule has 0 radical (unpaired) electrons. The first kappa shape index (κ1) is 18.9. The molecule has 0 fully saturated rings. The first-order chi connectivity index (χ1) is 13.8. The van der Waals surface area contributed by atoms with Gasteiger partial charge in [-0.05, 0) is 24.3 Å². The lowest BCUT2D eigenvalue weighted by Gasteiger charge is -2.04. The number of aryl methyl sites for hydroxylation is 1. The zero-order valence-corrected chi connectivity index (χ0v) is 15.5. The van der Waals surface area contributed by atoms with E-state index in [-0.39, 0.29) is 27.6 Å². The van der Waals surface area contributed by atoms with Crippen LogP contribution in [0.25, 0.3) is 22.4 Å². The normalized spacial score (nSPS) is 11.8. The number of carbonyl (C=O) groups is 1. The van der Waals surface area contributed by atoms with Gasteiger partial charge in [-0.15, -0.1) is 0 Å². The first-order valence-electron chi connectivity index (χ1n) is 8.27. The third-order valence-corrected chi connectivity index (χ3v) is 4.58. The number of fused-ring (bicyclic) bond motifs is 1. The summed E-state index contributed by atoms with van der Waals surface area (Å²) in [4.78, 5) is 23.7. The van der Waals surface area contributed by atoms with Crippen molar-refractivity contribution in [2.24, 2.45) is 7.05 Å². The molecule has 0 aliphatic carbocycles. The van der Waals surface area contributed by atoms with E-state index in [0.29, 0.717) is 11.3 Å². The van der Waals surface area contributed by atoms with Crippen LogP contribution in [0.2, 0.25) is 5.15 Å². The molecule has 3 aromatic heterocycles. The van der Waals surface area contributed by atoms with Gasteiger partial charge in [-0.2, -0.15) is 18.3 Å². The van der Waals surface area contributed by atoms with Crippen molar-refractivity contribution in [1.82, 2.24) is 24.7 Å². The molecule has 0 bridgehead atoms. The Morgan fingerprint density at radius 2 is 2.00 bits per heavy atom. The van der Waals surface area contributed by atoms with Gasteiger partial charge >= 0.3 is 6.18 Å². The Bertz CT molecular complexity index is 1220. The fraction of sp³-hybridized carbons (Fsp3) is 0.111. The summed E-state index contributed by atoms with van der Waals surface area (Å²) in [5.41, 5.74) is -0.799. The Balaban J connectivity index is 1.81. The molecule has 0 unspecified atom stereocenters. The van der Waals surface area contributed by atoms with Gasteiger partial charge in [0.25, 0.3) is 5.91 Å². The number of hydrogen-bond acceptors (Lipinski definition) is 4. The number of anilines is 1. The van der Waals surface area contributed by atoms with Gasteiger partial charge in [0.05, 0.1) is 16.6 Å². The van der Waals surface area contributed by atoms with E-state index < -0.39 is 17.8 Å². The number of H-pyrrole nitrogens is 1. The smallest absolute Gasteiger partial charge is 0.338 e. The molecule has 0 saturated carbocycles. The van der Waals surface area contributed by atoms with Crippen LogP contribution in [0.1, 0.15) is 16.1 Å². The zero-order valence-electron chi connectivity index (χ0n) is 14.8. The number of pyridine rings is 1. The predicted octanol–water partition coefficient (Wildman–Crippen LogP) is 4.28. The van der Waals surface area contributed by atoms with Crippen molar-refractivity contribution in [2.45, 2.75) is 6.18 Å². The second-order valence-corrected chi connectivity index (χ2v) is 6.45. The number of halogens is 4. The molecule has 0 spiro atoms. The van der Waals surface area contributed by atoms with Gasteiger partial charge < -0.3 is 10.3 Å². The lowest BCUT2D eigenvalue weighted by Crippen LogP contribution is -2.13. The summed E-state index contributed by atoms with van der Waals surface area (Å²) in [5, 5.41) is 5.85. The van der Waals surface area contributed by atoms with Gasteiger partial charge in [-0.25, -0.2) is 9.97 Å². The lowest BCUT2D eigenvalue weighted by molar-refractivity contribution is -0.141. The van der Waals surface area contributed by atoms with Crippen LogP contribution < -0.4 is 5.32 Å². The summed E-state index contributed by atoms with van der Waals surface area (Å²) in [5.74, 6) is -0.302. The monoisotopic (exact) mass is 420 g/mol. The van der Waals surface area contributed by atoms with Gasteiger partial charge in [0.1, 0.15) is 22.3 Å². The molecule has 4 rings (SSSR count). The number of imidazole rings is 1. The van der Waals surface area contributed by atoms with Crippen molar-refractivity contribution in [3.63, 3.8) is 0 Å². The standard InChI is InChI=1S/C18H12ClF3N6O/c1-28-15(19)12(14(27-28)18(20,21)22)16-24-10-6-4-5-9(13(10)26-16)17(29)25-11-7-2-3-8-23-11/h2-8H,1H3,(H,24,26)(H,23,25,29). The van der Waals surface area contributed by atoms with Gasteiger partial charge in [0.15, 0.2) is 5.69 Å². The van der Waals surface area contributed by atoms with Gasteiger partial charge in [-0.1, -0.05) is 23.7 Å². The summed E-state index contributed by atoms with van der Waals surface area (Å²) in [7, 11) is 1.30. The summed E-state index contributed by atoms with van der Waals surface area (Å²) in [6.45, 7) is 0. The van der Waals surface area contributed by atoms with Crippen LogP contribution in [0.4, 0.5) is 19.0 Å². The number of para-hydroxylation sites is 1. The maximum absolute atomic E-state index is 13.4. The lowest BCUT2D eigenvalue weighted by atomic mass is 10.1. The minimum atomic E-state index is -4.72. The summed E-state index contributed by atoms with van der Waals surface area (Å²) >= 11 is 6.04. The molecule has 7 nitrogen and oxygen atoms in total. The highest BCUT2D eigenvalue weighted by Gasteiger charge is 2.40. The average Bonchev–Trinajstić information content (AvgIpc) is 3.23. The van der Waals surface area contributed by atoms with Crippen LogP contribution >= 0.6 is 11.6 Å². The highest BCUT2D eigenvalue weighted by molar-refractivity contribution is 6.32. The number of rotatable bonds is 3. The van der Waals surface area contributed by atoms with E-state index in [1.165, 1.54) is 19.3 Å². The Morgan fingerprint density at radius 3 is 2.69 bits per heavy atom. The van der Waals surface area contributed by atoms with Crippen LogP contribution in [0.5, 0.6) is 0 Å². The van der Waals surface area contributed by atoms with E-state index >= 15 is 0 Å². The number of nitrogens with zero attached hydrogens (tertiary/aromatic N) is 4. The van der Waals surface area contributed by atoms with E-state index in [1.807, 2.05) is 0 Å². The van der Waals surface area contributed by atoms with E-state index in [0.717, 1.165) is 4.68 Å². The van der Waals surface area contributed by atoms with Crippen LogP contribution in [-0.4, -0.2) is 30.6 Å². The third-order valence-electron chi connectivity index (χ3n) is 4.15. The number of hydrogen-bond donors (Lipinski definition) is 2. The minimum absolute atomic E-state index is 0.136. The number of benzene rings is 1. The molecular weight excluding hydrogens is 409 g/mol. The predicted molar refractivity (Wildman–Crippen MR) is 100 cm³/mol. The van der Waals surface area contributed by atoms with Crippen molar-refractivity contribution in [3.8, 4) is 11.4 Å². The Morgan fingerprint density at radius 1 is 1.21 bits per heavy atom. The fourth-order valence-corrected chi connectivity index (χ4v) is 3.08. The summed E-state index contributed by atoms with van der Waals surface area (Å²) in [6.07, 6.45) is -3.20. The molecule has 4 aromatic rings. The molecule has 2 N–H and O–H groups in total. The van der Waals surface area contributed by atoms with Crippen molar-refractivity contribution >= 4 is 34.4 Å². The summed E-state index contributed by atoms with van der Waals surface area (Å²) < 4.78 is 41.1. The van der Waals surface area contributed by atoms with E-state index in [4.69, 9.17) is 11.6 Å². The molecular formula is C18H12ClF3N6O. The van der Waals surface area contributed by atoms with Gasteiger partial charge in [0.2, 0.25) is 0 Å². The Labute approximate surface area is 166 Å². The molecule has 3 heterocycles. The van der Waals surface area contributed by atoms with E-state index in [1.54, 1.807) is 30.3 Å². The van der Waals surface area contributed by atoms with Crippen molar-refractivity contribution in [1.29, 1.82) is 0 Å². The second-order valence-electron chi connectivity index (χ2n) is 6.09. The molecule has 29 heavy (non-hydrogen) atoms. The molecule has 0 aliphatic rings. The average molecular weight is 421 g/mol. The van der Waals surface area contributed by atoms with E-state index in [9.17, 15) is 18.0 Å². The van der Waals surface area contributed by atoms with E-state index in [2.05, 4.69) is 25.4 Å². The molecule has 0 saturated heterocycles. The number of nitrogens with one attached hydrogen (secondary N) is 2. The Kier molecular flexibility index (Phi) is 4.50. The van der Waals surface area contributed by atoms with Gasteiger partial charge in [-0.3, -0.25) is 9.48 Å². The molecule has 1 amide bonds. The van der Waals surface area contributed by atoms with Crippen LogP contribution in [0.15, 0.2) is 42.6 Å². The highest BCUT2D eigenvalue weighted by atomic mass is 35.5. The molecule has 11 heteroatoms. The van der Waals surface area contributed by atoms with Crippen molar-refractivity contribution < 1.29 is 18.0 Å². The third kappa shape index (κ3) is 3.42. The SMILES string of the molecule is Cn1nc(C(F)(F)F)c(-c2nc3c(C(=O)Nc4ccccn4)cccc3[nH]2)c1Cl. The quantitative estimate of drug-likeness (QED) is 0.517. The number of carbonyl (C=O) groups excluding carboxylic acids is 1. The van der Waals surface area contributed by atoms with Gasteiger partial charge in [0, 0.05) is 13.2 Å². The number of amides is 1. The fourth-order valence-electron chi connectivity index (χ4n) is 2.87. The largest absolute Gasteiger partial charge is 0.435 e. The first-order valence-corrected chi connectivity index (χ1v) is 8.64. The highest BCUT2D eigenvalue weighted by Crippen LogP contribution is 2.39. The van der Waals surface area contributed by atoms with Crippen LogP contribution in [0.3, 0.4) is 0 Å². The van der Waals surface area contributed by atoms with Crippen LogP contribution in [-0.2, 0) is 13.2 Å².